The number of hydrogen-bond acceptors (Lipinski definition) is 4. The van der Waals surface area contributed by atoms with Crippen LogP contribution in [0.5, 0.6) is 0 Å². The maximum absolute atomic E-state index is 13.4. The van der Waals surface area contributed by atoms with Crippen molar-refractivity contribution < 1.29 is 14.0 Å². The van der Waals surface area contributed by atoms with Crippen molar-refractivity contribution in [3.05, 3.63) is 53.6 Å². The number of carbonyl (C=O) groups excluding carboxylic acids is 2. The molecule has 154 valence electrons. The first-order valence-electron chi connectivity index (χ1n) is 10.2. The van der Waals surface area contributed by atoms with E-state index in [4.69, 9.17) is 0 Å². The van der Waals surface area contributed by atoms with E-state index in [2.05, 4.69) is 10.4 Å². The molecule has 1 N–H and O–H groups in total. The zero-order valence-corrected chi connectivity index (χ0v) is 16.4. The summed E-state index contributed by atoms with van der Waals surface area (Å²) in [7, 11) is 0. The van der Waals surface area contributed by atoms with Gasteiger partial charge in [-0.3, -0.25) is 14.3 Å². The number of piperidine rings is 1. The molecule has 0 bridgehead atoms. The number of carbonyl (C=O) groups is 2. The van der Waals surface area contributed by atoms with Gasteiger partial charge in [-0.1, -0.05) is 6.07 Å². The van der Waals surface area contributed by atoms with Crippen molar-refractivity contribution >= 4 is 11.8 Å². The first-order valence-corrected chi connectivity index (χ1v) is 10.2. The highest BCUT2D eigenvalue weighted by Crippen LogP contribution is 2.17. The second kappa shape index (κ2) is 8.73. The fraction of sp³-hybridized carbons (Fsp3) is 0.476. The lowest BCUT2D eigenvalue weighted by atomic mass is 10.1. The number of amides is 2. The van der Waals surface area contributed by atoms with E-state index in [-0.39, 0.29) is 17.9 Å². The standard InChI is InChI=1S/C21H26FN5O2/c22-17-5-1-4-16(14-17)20(28)25-9-3-10-26(13-12-25)21(29)19-7-11-27(24-19)18-6-2-8-23-15-18/h1,4-5,7,11,14,18,23H,2-3,6,8-10,12-13,15H2. The molecule has 2 fully saturated rings. The number of rotatable bonds is 3. The Hall–Kier alpha value is -2.74. The highest BCUT2D eigenvalue weighted by atomic mass is 19.1. The number of nitrogens with zero attached hydrogens (tertiary/aromatic N) is 4. The second-order valence-electron chi connectivity index (χ2n) is 7.63. The van der Waals surface area contributed by atoms with Gasteiger partial charge in [0.05, 0.1) is 6.04 Å². The lowest BCUT2D eigenvalue weighted by Crippen LogP contribution is -2.37. The molecule has 0 radical (unpaired) electrons. The molecule has 3 heterocycles. The molecule has 0 spiro atoms. The summed E-state index contributed by atoms with van der Waals surface area (Å²) >= 11 is 0. The summed E-state index contributed by atoms with van der Waals surface area (Å²) in [5.74, 6) is -0.730. The average Bonchev–Trinajstić information content (AvgIpc) is 3.12. The summed E-state index contributed by atoms with van der Waals surface area (Å²) in [6.45, 7) is 3.88. The third-order valence-electron chi connectivity index (χ3n) is 5.61. The zero-order valence-electron chi connectivity index (χ0n) is 16.4. The van der Waals surface area contributed by atoms with Crippen LogP contribution in [-0.2, 0) is 0 Å². The first-order chi connectivity index (χ1) is 14.1. The second-order valence-corrected chi connectivity index (χ2v) is 7.63. The van der Waals surface area contributed by atoms with Gasteiger partial charge in [-0.2, -0.15) is 5.10 Å². The van der Waals surface area contributed by atoms with E-state index >= 15 is 0 Å². The number of nitrogens with one attached hydrogen (secondary N) is 1. The van der Waals surface area contributed by atoms with Crippen molar-refractivity contribution in [1.29, 1.82) is 0 Å². The third-order valence-corrected chi connectivity index (χ3v) is 5.61. The Balaban J connectivity index is 1.38. The van der Waals surface area contributed by atoms with Crippen LogP contribution >= 0.6 is 0 Å². The van der Waals surface area contributed by atoms with Gasteiger partial charge in [-0.15, -0.1) is 0 Å². The van der Waals surface area contributed by atoms with E-state index in [1.165, 1.54) is 18.2 Å². The van der Waals surface area contributed by atoms with Crippen LogP contribution in [0, 0.1) is 5.82 Å². The molecule has 0 aliphatic carbocycles. The number of hydrogen-bond donors (Lipinski definition) is 1. The summed E-state index contributed by atoms with van der Waals surface area (Å²) in [5, 5.41) is 7.87. The molecule has 2 amide bonds. The van der Waals surface area contributed by atoms with Crippen molar-refractivity contribution in [2.45, 2.75) is 25.3 Å². The van der Waals surface area contributed by atoms with Crippen LogP contribution in [0.15, 0.2) is 36.5 Å². The molecule has 29 heavy (non-hydrogen) atoms. The van der Waals surface area contributed by atoms with Crippen molar-refractivity contribution in [3.8, 4) is 0 Å². The van der Waals surface area contributed by atoms with Crippen LogP contribution in [0.3, 0.4) is 0 Å². The third kappa shape index (κ3) is 4.48. The van der Waals surface area contributed by atoms with Gasteiger partial charge >= 0.3 is 0 Å². The van der Waals surface area contributed by atoms with Crippen LogP contribution in [0.25, 0.3) is 0 Å². The van der Waals surface area contributed by atoms with Crippen molar-refractivity contribution in [2.75, 3.05) is 39.3 Å². The van der Waals surface area contributed by atoms with Gasteiger partial charge in [-0.25, -0.2) is 4.39 Å². The zero-order chi connectivity index (χ0) is 20.2. The first kappa shape index (κ1) is 19.6. The lowest BCUT2D eigenvalue weighted by Gasteiger charge is -2.23. The predicted molar refractivity (Wildman–Crippen MR) is 106 cm³/mol. The quantitative estimate of drug-likeness (QED) is 0.856. The minimum atomic E-state index is -0.425. The Morgan fingerprint density at radius 3 is 2.55 bits per heavy atom. The maximum atomic E-state index is 13.4. The summed E-state index contributed by atoms with van der Waals surface area (Å²) < 4.78 is 15.3. The fourth-order valence-electron chi connectivity index (χ4n) is 4.00. The number of benzene rings is 1. The molecule has 1 aromatic heterocycles. The smallest absolute Gasteiger partial charge is 0.274 e. The maximum Gasteiger partial charge on any atom is 0.274 e. The molecule has 2 saturated heterocycles. The minimum Gasteiger partial charge on any atom is -0.337 e. The van der Waals surface area contributed by atoms with Gasteiger partial charge in [0.15, 0.2) is 0 Å². The van der Waals surface area contributed by atoms with Crippen LogP contribution in [0.1, 0.15) is 46.2 Å². The van der Waals surface area contributed by atoms with Gasteiger partial charge in [0, 0.05) is 44.5 Å². The molecule has 4 rings (SSSR count). The van der Waals surface area contributed by atoms with E-state index in [1.807, 2.05) is 10.9 Å². The topological polar surface area (TPSA) is 70.5 Å². The Morgan fingerprint density at radius 1 is 1.03 bits per heavy atom. The summed E-state index contributed by atoms with van der Waals surface area (Å²) in [4.78, 5) is 29.0. The SMILES string of the molecule is O=C(c1cccc(F)c1)N1CCCN(C(=O)c2ccn(C3CCCNC3)n2)CC1. The van der Waals surface area contributed by atoms with Crippen LogP contribution in [-0.4, -0.2) is 70.7 Å². The molecule has 1 unspecified atom stereocenters. The summed E-state index contributed by atoms with van der Waals surface area (Å²) in [6, 6.07) is 7.79. The van der Waals surface area contributed by atoms with Gasteiger partial charge in [0.2, 0.25) is 0 Å². The number of halogens is 1. The van der Waals surface area contributed by atoms with E-state index < -0.39 is 5.82 Å². The van der Waals surface area contributed by atoms with Gasteiger partial charge in [0.25, 0.3) is 11.8 Å². The Bertz CT molecular complexity index is 877. The summed E-state index contributed by atoms with van der Waals surface area (Å²) in [5.41, 5.74) is 0.782. The molecular formula is C21H26FN5O2. The molecule has 1 aromatic carbocycles. The molecule has 2 aromatic rings. The molecule has 2 aliphatic heterocycles. The molecule has 1 atom stereocenters. The van der Waals surface area contributed by atoms with Gasteiger partial charge in [0.1, 0.15) is 11.5 Å². The normalized spacial score (nSPS) is 20.4. The fourth-order valence-corrected chi connectivity index (χ4v) is 4.00. The molecular weight excluding hydrogens is 373 g/mol. The molecule has 8 heteroatoms. The highest BCUT2D eigenvalue weighted by molar-refractivity contribution is 5.94. The largest absolute Gasteiger partial charge is 0.337 e. The predicted octanol–water partition coefficient (Wildman–Crippen LogP) is 1.93. The van der Waals surface area contributed by atoms with Crippen LogP contribution in [0.2, 0.25) is 0 Å². The van der Waals surface area contributed by atoms with E-state index in [9.17, 15) is 14.0 Å². The van der Waals surface area contributed by atoms with Gasteiger partial charge in [-0.05, 0) is 50.1 Å². The van der Waals surface area contributed by atoms with Crippen molar-refractivity contribution in [3.63, 3.8) is 0 Å². The monoisotopic (exact) mass is 399 g/mol. The van der Waals surface area contributed by atoms with Crippen molar-refractivity contribution in [1.82, 2.24) is 24.9 Å². The Kier molecular flexibility index (Phi) is 5.89. The highest BCUT2D eigenvalue weighted by Gasteiger charge is 2.25. The molecule has 2 aliphatic rings. The summed E-state index contributed by atoms with van der Waals surface area (Å²) in [6.07, 6.45) is 4.72. The van der Waals surface area contributed by atoms with Crippen molar-refractivity contribution in [2.24, 2.45) is 0 Å². The Morgan fingerprint density at radius 2 is 1.83 bits per heavy atom. The average molecular weight is 399 g/mol. The van der Waals surface area contributed by atoms with E-state index in [0.717, 1.165) is 25.9 Å². The van der Waals surface area contributed by atoms with E-state index in [1.54, 1.807) is 21.9 Å². The molecule has 7 nitrogen and oxygen atoms in total. The van der Waals surface area contributed by atoms with E-state index in [0.29, 0.717) is 43.9 Å². The minimum absolute atomic E-state index is 0.104. The molecule has 0 saturated carbocycles. The van der Waals surface area contributed by atoms with Crippen LogP contribution < -0.4 is 5.32 Å². The number of aromatic nitrogens is 2. The van der Waals surface area contributed by atoms with Gasteiger partial charge < -0.3 is 15.1 Å². The van der Waals surface area contributed by atoms with Crippen LogP contribution in [0.4, 0.5) is 4.39 Å². The Labute approximate surface area is 169 Å². The lowest BCUT2D eigenvalue weighted by molar-refractivity contribution is 0.0714.